The number of anilines is 1. The van der Waals surface area contributed by atoms with E-state index in [1.54, 1.807) is 0 Å². The van der Waals surface area contributed by atoms with Gasteiger partial charge in [-0.2, -0.15) is 0 Å². The van der Waals surface area contributed by atoms with Crippen molar-refractivity contribution < 1.29 is 17.2 Å². The van der Waals surface area contributed by atoms with Gasteiger partial charge < -0.3 is 0 Å². The molecule has 7 heteroatoms. The van der Waals surface area contributed by atoms with Crippen LogP contribution in [0.4, 0.5) is 14.5 Å². The third kappa shape index (κ3) is 3.02. The predicted octanol–water partition coefficient (Wildman–Crippen LogP) is 3.42. The highest BCUT2D eigenvalue weighted by Crippen LogP contribution is 2.22. The molecule has 0 fully saturated rings. The number of halogens is 3. The van der Waals surface area contributed by atoms with E-state index >= 15 is 0 Å². The van der Waals surface area contributed by atoms with E-state index < -0.39 is 21.7 Å². The van der Waals surface area contributed by atoms with Crippen molar-refractivity contribution in [2.75, 3.05) is 4.72 Å². The van der Waals surface area contributed by atoms with E-state index in [-0.39, 0.29) is 15.6 Å². The van der Waals surface area contributed by atoms with Gasteiger partial charge in [0.15, 0.2) is 0 Å². The number of nitrogens with one attached hydrogen (secondary N) is 1. The Labute approximate surface area is 113 Å². The standard InChI is InChI=1S/C12H8ClF2NO2S/c13-9-7-8(5-6-10(9)14)19(17,18)16-12-4-2-1-3-11(12)15/h1-7,16H. The summed E-state index contributed by atoms with van der Waals surface area (Å²) in [5.41, 5.74) is -0.192. The molecule has 0 unspecified atom stereocenters. The van der Waals surface area contributed by atoms with Crippen molar-refractivity contribution >= 4 is 27.3 Å². The van der Waals surface area contributed by atoms with Crippen LogP contribution >= 0.6 is 11.6 Å². The lowest BCUT2D eigenvalue weighted by Crippen LogP contribution is -2.14. The highest BCUT2D eigenvalue weighted by atomic mass is 35.5. The first kappa shape index (κ1) is 13.8. The predicted molar refractivity (Wildman–Crippen MR) is 68.6 cm³/mol. The quantitative estimate of drug-likeness (QED) is 0.944. The fourth-order valence-corrected chi connectivity index (χ4v) is 2.73. The third-order valence-corrected chi connectivity index (χ3v) is 3.97. The van der Waals surface area contributed by atoms with Gasteiger partial charge in [-0.15, -0.1) is 0 Å². The molecule has 0 aliphatic heterocycles. The van der Waals surface area contributed by atoms with Crippen LogP contribution in [-0.4, -0.2) is 8.42 Å². The Balaban J connectivity index is 2.38. The summed E-state index contributed by atoms with van der Waals surface area (Å²) in [6.07, 6.45) is 0. The Morgan fingerprint density at radius 1 is 1.00 bits per heavy atom. The van der Waals surface area contributed by atoms with Crippen LogP contribution in [0.15, 0.2) is 47.4 Å². The van der Waals surface area contributed by atoms with Crippen LogP contribution in [0.2, 0.25) is 5.02 Å². The SMILES string of the molecule is O=S(=O)(Nc1ccccc1F)c1ccc(F)c(Cl)c1. The molecule has 100 valence electrons. The van der Waals surface area contributed by atoms with E-state index in [1.165, 1.54) is 18.2 Å². The largest absolute Gasteiger partial charge is 0.277 e. The van der Waals surface area contributed by atoms with Crippen molar-refractivity contribution in [2.24, 2.45) is 0 Å². The molecule has 0 aliphatic rings. The molecule has 19 heavy (non-hydrogen) atoms. The van der Waals surface area contributed by atoms with Gasteiger partial charge in [0.05, 0.1) is 15.6 Å². The van der Waals surface area contributed by atoms with E-state index in [4.69, 9.17) is 11.6 Å². The number of sulfonamides is 1. The first-order chi connectivity index (χ1) is 8.90. The van der Waals surface area contributed by atoms with Crippen molar-refractivity contribution in [1.29, 1.82) is 0 Å². The number of hydrogen-bond donors (Lipinski definition) is 1. The zero-order chi connectivity index (χ0) is 14.0. The lowest BCUT2D eigenvalue weighted by atomic mass is 10.3. The topological polar surface area (TPSA) is 46.2 Å². The summed E-state index contributed by atoms with van der Waals surface area (Å²) < 4.78 is 52.3. The van der Waals surface area contributed by atoms with Gasteiger partial charge in [-0.1, -0.05) is 23.7 Å². The van der Waals surface area contributed by atoms with Crippen LogP contribution in [0.25, 0.3) is 0 Å². The molecule has 0 bridgehead atoms. The Morgan fingerprint density at radius 2 is 1.68 bits per heavy atom. The van der Waals surface area contributed by atoms with E-state index in [0.717, 1.165) is 24.3 Å². The lowest BCUT2D eigenvalue weighted by Gasteiger charge is -2.09. The molecule has 0 saturated carbocycles. The van der Waals surface area contributed by atoms with E-state index in [9.17, 15) is 17.2 Å². The fraction of sp³-hybridized carbons (Fsp3) is 0. The van der Waals surface area contributed by atoms with E-state index in [0.29, 0.717) is 0 Å². The molecule has 0 atom stereocenters. The minimum atomic E-state index is -4.02. The summed E-state index contributed by atoms with van der Waals surface area (Å²) in [6, 6.07) is 8.25. The number of para-hydroxylation sites is 1. The van der Waals surface area contributed by atoms with E-state index in [2.05, 4.69) is 4.72 Å². The Morgan fingerprint density at radius 3 is 2.32 bits per heavy atom. The highest BCUT2D eigenvalue weighted by Gasteiger charge is 2.17. The maximum absolute atomic E-state index is 13.4. The van der Waals surface area contributed by atoms with Gasteiger partial charge in [0.2, 0.25) is 0 Å². The number of hydrogen-bond acceptors (Lipinski definition) is 2. The third-order valence-electron chi connectivity index (χ3n) is 2.32. The summed E-state index contributed by atoms with van der Waals surface area (Å²) in [6.45, 7) is 0. The molecule has 0 aliphatic carbocycles. The maximum Gasteiger partial charge on any atom is 0.262 e. The molecule has 2 aromatic carbocycles. The second-order valence-electron chi connectivity index (χ2n) is 3.66. The van der Waals surface area contributed by atoms with Crippen LogP contribution in [0.3, 0.4) is 0 Å². The molecule has 1 N–H and O–H groups in total. The molecule has 0 amide bonds. The molecule has 2 aromatic rings. The van der Waals surface area contributed by atoms with Crippen LogP contribution in [0, 0.1) is 11.6 Å². The van der Waals surface area contributed by atoms with Crippen molar-refractivity contribution in [2.45, 2.75) is 4.90 Å². The molecule has 0 aromatic heterocycles. The van der Waals surface area contributed by atoms with Crippen LogP contribution < -0.4 is 4.72 Å². The monoisotopic (exact) mass is 303 g/mol. The van der Waals surface area contributed by atoms with Crippen LogP contribution in [-0.2, 0) is 10.0 Å². The first-order valence-corrected chi connectivity index (χ1v) is 6.99. The van der Waals surface area contributed by atoms with Gasteiger partial charge in [0.1, 0.15) is 11.6 Å². The van der Waals surface area contributed by atoms with Crippen LogP contribution in [0.1, 0.15) is 0 Å². The normalized spacial score (nSPS) is 11.3. The van der Waals surface area contributed by atoms with Gasteiger partial charge in [0, 0.05) is 0 Å². The molecule has 0 radical (unpaired) electrons. The molecule has 3 nitrogen and oxygen atoms in total. The molecular formula is C12H8ClF2NO2S. The van der Waals surface area contributed by atoms with Gasteiger partial charge >= 0.3 is 0 Å². The van der Waals surface area contributed by atoms with Gasteiger partial charge in [-0.05, 0) is 30.3 Å². The average molecular weight is 304 g/mol. The number of rotatable bonds is 3. The molecule has 2 rings (SSSR count). The first-order valence-electron chi connectivity index (χ1n) is 5.12. The zero-order valence-electron chi connectivity index (χ0n) is 9.40. The molecule has 0 heterocycles. The molecule has 0 saturated heterocycles. The van der Waals surface area contributed by atoms with Gasteiger partial charge in [-0.25, -0.2) is 17.2 Å². The Kier molecular flexibility index (Phi) is 3.73. The van der Waals surface area contributed by atoms with Crippen LogP contribution in [0.5, 0.6) is 0 Å². The maximum atomic E-state index is 13.4. The van der Waals surface area contributed by atoms with Crippen molar-refractivity contribution in [1.82, 2.24) is 0 Å². The van der Waals surface area contributed by atoms with E-state index in [1.807, 2.05) is 0 Å². The van der Waals surface area contributed by atoms with Crippen molar-refractivity contribution in [3.05, 3.63) is 59.1 Å². The second kappa shape index (κ2) is 5.14. The summed E-state index contributed by atoms with van der Waals surface area (Å²) in [4.78, 5) is -0.248. The minimum absolute atomic E-state index is 0.192. The molecular weight excluding hydrogens is 296 g/mol. The Bertz CT molecular complexity index is 719. The summed E-state index contributed by atoms with van der Waals surface area (Å²) >= 11 is 5.51. The van der Waals surface area contributed by atoms with Gasteiger partial charge in [0.25, 0.3) is 10.0 Å². The lowest BCUT2D eigenvalue weighted by molar-refractivity contribution is 0.597. The van der Waals surface area contributed by atoms with Crippen molar-refractivity contribution in [3.63, 3.8) is 0 Å². The van der Waals surface area contributed by atoms with Gasteiger partial charge in [-0.3, -0.25) is 4.72 Å². The highest BCUT2D eigenvalue weighted by molar-refractivity contribution is 7.92. The number of benzene rings is 2. The molecule has 0 spiro atoms. The second-order valence-corrected chi connectivity index (χ2v) is 5.75. The smallest absolute Gasteiger partial charge is 0.262 e. The average Bonchev–Trinajstić information content (AvgIpc) is 2.35. The van der Waals surface area contributed by atoms with Crippen molar-refractivity contribution in [3.8, 4) is 0 Å². The minimum Gasteiger partial charge on any atom is -0.277 e. The Hall–Kier alpha value is -1.66. The summed E-state index contributed by atoms with van der Waals surface area (Å²) in [5, 5.41) is -0.323. The zero-order valence-corrected chi connectivity index (χ0v) is 11.0. The summed E-state index contributed by atoms with van der Waals surface area (Å²) in [7, 11) is -4.02. The summed E-state index contributed by atoms with van der Waals surface area (Å²) in [5.74, 6) is -1.44. The fourth-order valence-electron chi connectivity index (χ4n) is 1.39.